The minimum atomic E-state index is -0.737. The van der Waals surface area contributed by atoms with Gasteiger partial charge in [-0.2, -0.15) is 0 Å². The van der Waals surface area contributed by atoms with Crippen LogP contribution in [0.1, 0.15) is 293 Å². The van der Waals surface area contributed by atoms with Gasteiger partial charge in [0.2, 0.25) is 0 Å². The van der Waals surface area contributed by atoms with E-state index >= 15 is 0 Å². The lowest BCUT2D eigenvalue weighted by atomic mass is 9.89. The van der Waals surface area contributed by atoms with Crippen molar-refractivity contribution in [3.05, 3.63) is 0 Å². The molecule has 0 radical (unpaired) electrons. The number of rotatable bonds is 46. The number of ether oxygens (including phenoxy) is 3. The van der Waals surface area contributed by atoms with Gasteiger partial charge in [-0.15, -0.1) is 0 Å². The normalized spacial score (nSPS) is 13.3. The Morgan fingerprint density at radius 2 is 0.861 bits per heavy atom. The number of nitrogens with zero attached hydrogens (tertiary/aromatic N) is 2. The highest BCUT2D eigenvalue weighted by molar-refractivity contribution is 5.66. The molecular formula is C62H126N2O8. The Morgan fingerprint density at radius 3 is 1.18 bits per heavy atom. The van der Waals surface area contributed by atoms with Crippen molar-refractivity contribution >= 4 is 25.0 Å². The summed E-state index contributed by atoms with van der Waals surface area (Å²) < 4.78 is 15.7. The van der Waals surface area contributed by atoms with Crippen molar-refractivity contribution in [1.82, 2.24) is 9.80 Å². The predicted molar refractivity (Wildman–Crippen MR) is 309 cm³/mol. The summed E-state index contributed by atoms with van der Waals surface area (Å²) in [5.41, 5.74) is -0.283. The van der Waals surface area contributed by atoms with E-state index in [-0.39, 0.29) is 17.3 Å². The average Bonchev–Trinajstić information content (AvgIpc) is 3.89. The van der Waals surface area contributed by atoms with Crippen LogP contribution in [-0.2, 0) is 33.4 Å². The number of carboxylic acid groups (broad SMARTS) is 1. The molecular weight excluding hydrogens is 901 g/mol. The summed E-state index contributed by atoms with van der Waals surface area (Å²) >= 11 is 0. The Morgan fingerprint density at radius 1 is 0.528 bits per heavy atom. The molecule has 1 fully saturated rings. The maximum atomic E-state index is 10.7. The van der Waals surface area contributed by atoms with Gasteiger partial charge in [0.15, 0.2) is 0 Å². The first-order valence-electron chi connectivity index (χ1n) is 30.2. The summed E-state index contributed by atoms with van der Waals surface area (Å²) in [5.74, 6) is -0.737. The molecule has 1 N–H and O–H groups in total. The zero-order valence-corrected chi connectivity index (χ0v) is 50.3. The van der Waals surface area contributed by atoms with E-state index in [2.05, 4.69) is 37.3 Å². The highest BCUT2D eigenvalue weighted by Crippen LogP contribution is 2.22. The number of hydrogen-bond acceptors (Lipinski definition) is 9. The van der Waals surface area contributed by atoms with Gasteiger partial charge in [0, 0.05) is 31.6 Å². The van der Waals surface area contributed by atoms with Gasteiger partial charge in [0.25, 0.3) is 6.47 Å². The van der Waals surface area contributed by atoms with Crippen LogP contribution in [0, 0.1) is 10.8 Å². The second-order valence-corrected chi connectivity index (χ2v) is 22.5. The van der Waals surface area contributed by atoms with Gasteiger partial charge < -0.3 is 38.7 Å². The Labute approximate surface area is 448 Å². The molecule has 0 saturated carbocycles. The topological polar surface area (TPSA) is 123 Å². The van der Waals surface area contributed by atoms with Crippen molar-refractivity contribution in [2.45, 2.75) is 305 Å². The summed E-state index contributed by atoms with van der Waals surface area (Å²) in [6.45, 7) is 22.6. The number of likely N-dealkylation sites (tertiary alicyclic amines) is 1. The van der Waals surface area contributed by atoms with E-state index in [1.807, 2.05) is 60.9 Å². The summed E-state index contributed by atoms with van der Waals surface area (Å²) in [5, 5.41) is 8.14. The Balaban J connectivity index is -0.000000408. The van der Waals surface area contributed by atoms with Crippen LogP contribution in [0.25, 0.3) is 0 Å². The molecule has 432 valence electrons. The monoisotopic (exact) mass is 1030 g/mol. The molecule has 0 bridgehead atoms. The third-order valence-electron chi connectivity index (χ3n) is 13.7. The number of carboxylic acids is 1. The van der Waals surface area contributed by atoms with Crippen molar-refractivity contribution in [1.29, 1.82) is 0 Å². The van der Waals surface area contributed by atoms with Crippen LogP contribution >= 0.6 is 0 Å². The molecule has 2 atom stereocenters. The number of hydrogen-bond donors (Lipinski definition) is 1. The van der Waals surface area contributed by atoms with Crippen molar-refractivity contribution in [3.63, 3.8) is 0 Å². The number of carbonyl (C=O) groups excluding carboxylic acids is 3. The fourth-order valence-electron chi connectivity index (χ4n) is 8.54. The standard InChI is InChI=1S/2C16H34O.C14H27NO.C11H20O3.C5H11NO2/c2*1-4-6-8-10-11-13-15-16(17-3)14-12-9-7-5-2;1-14(2,13-16)9-5-3-4-6-10-15-11-7-8-12-15;1-11(2,9-12)7-5-3-4-6-8-14-10-13;1-6(2)4-3-5(7)8/h2*16H,4-15H2,1-3H3;13H,3-12H2,1-2H3;9-10H,3-8H2,1-2H3;3-4H2,1-2H3,(H,7,8). The summed E-state index contributed by atoms with van der Waals surface area (Å²) in [7, 11) is 7.45. The molecule has 0 aromatic carbocycles. The first-order valence-corrected chi connectivity index (χ1v) is 30.2. The molecule has 1 aliphatic rings. The molecule has 0 aromatic heterocycles. The lowest BCUT2D eigenvalue weighted by Gasteiger charge is -2.16. The Bertz CT molecular complexity index is 1060. The van der Waals surface area contributed by atoms with Crippen LogP contribution < -0.4 is 0 Å². The quantitative estimate of drug-likeness (QED) is 0.0466. The van der Waals surface area contributed by atoms with E-state index in [9.17, 15) is 19.2 Å². The summed E-state index contributed by atoms with van der Waals surface area (Å²) in [6, 6.07) is 0. The zero-order chi connectivity index (χ0) is 54.8. The molecule has 2 unspecified atom stereocenters. The van der Waals surface area contributed by atoms with Gasteiger partial charge in [-0.3, -0.25) is 9.59 Å². The number of carbonyl (C=O) groups is 4. The van der Waals surface area contributed by atoms with Crippen LogP contribution in [0.2, 0.25) is 0 Å². The van der Waals surface area contributed by atoms with E-state index in [0.717, 1.165) is 51.1 Å². The van der Waals surface area contributed by atoms with Crippen molar-refractivity contribution in [3.8, 4) is 0 Å². The first kappa shape index (κ1) is 76.6. The molecule has 1 heterocycles. The minimum Gasteiger partial charge on any atom is -0.481 e. The molecule has 0 amide bonds. The second-order valence-electron chi connectivity index (χ2n) is 22.5. The van der Waals surface area contributed by atoms with E-state index in [1.165, 1.54) is 212 Å². The van der Waals surface area contributed by atoms with Crippen LogP contribution in [0.3, 0.4) is 0 Å². The predicted octanol–water partition coefficient (Wildman–Crippen LogP) is 17.1. The number of unbranched alkanes of at least 4 members (excludes halogenated alkanes) is 22. The van der Waals surface area contributed by atoms with Gasteiger partial charge in [0.1, 0.15) is 12.6 Å². The molecule has 0 aromatic rings. The first-order chi connectivity index (χ1) is 34.6. The van der Waals surface area contributed by atoms with Gasteiger partial charge >= 0.3 is 5.97 Å². The van der Waals surface area contributed by atoms with Crippen LogP contribution in [0.4, 0.5) is 0 Å². The van der Waals surface area contributed by atoms with E-state index in [0.29, 0.717) is 31.8 Å². The molecule has 1 aliphatic heterocycles. The minimum absolute atomic E-state index is 0.102. The summed E-state index contributed by atoms with van der Waals surface area (Å²) in [4.78, 5) is 45.4. The second kappa shape index (κ2) is 60.0. The molecule has 0 spiro atoms. The summed E-state index contributed by atoms with van der Waals surface area (Å²) in [6.07, 6.45) is 50.1. The van der Waals surface area contributed by atoms with Gasteiger partial charge in [-0.1, -0.05) is 222 Å². The highest BCUT2D eigenvalue weighted by atomic mass is 16.5. The Hall–Kier alpha value is -1.88. The van der Waals surface area contributed by atoms with Gasteiger partial charge in [-0.25, -0.2) is 0 Å². The third-order valence-corrected chi connectivity index (χ3v) is 13.7. The molecule has 10 heteroatoms. The number of aldehydes is 2. The maximum absolute atomic E-state index is 10.7. The van der Waals surface area contributed by atoms with E-state index in [1.54, 1.807) is 0 Å². The van der Waals surface area contributed by atoms with Crippen LogP contribution in [0.15, 0.2) is 0 Å². The lowest BCUT2D eigenvalue weighted by molar-refractivity contribution is -0.137. The third kappa shape index (κ3) is 66.1. The average molecular weight is 1030 g/mol. The largest absolute Gasteiger partial charge is 0.481 e. The van der Waals surface area contributed by atoms with Crippen molar-refractivity contribution in [2.24, 2.45) is 10.8 Å². The van der Waals surface area contributed by atoms with Gasteiger partial charge in [0.05, 0.1) is 25.2 Å². The molecule has 1 saturated heterocycles. The van der Waals surface area contributed by atoms with Gasteiger partial charge in [-0.05, 0) is 97.9 Å². The fourth-order valence-corrected chi connectivity index (χ4v) is 8.54. The highest BCUT2D eigenvalue weighted by Gasteiger charge is 2.16. The van der Waals surface area contributed by atoms with Crippen LogP contribution in [-0.4, -0.2) is 113 Å². The molecule has 0 aliphatic carbocycles. The van der Waals surface area contributed by atoms with E-state index < -0.39 is 5.97 Å². The van der Waals surface area contributed by atoms with Crippen LogP contribution in [0.5, 0.6) is 0 Å². The smallest absolute Gasteiger partial charge is 0.304 e. The maximum Gasteiger partial charge on any atom is 0.304 e. The molecule has 72 heavy (non-hydrogen) atoms. The fraction of sp³-hybridized carbons (Fsp3) is 0.935. The SMILES string of the molecule is CC(C)(C=O)CCCCCCN1CCCC1.CC(C)(C=O)CCCCCCOC=O.CCCCCCCCC(CCCCCC)OC.CCCCCCCCC(CCCCCC)OC.CN(C)CCC(=O)O. The number of methoxy groups -OCH3 is 2. The molecule has 10 nitrogen and oxygen atoms in total. The molecule has 1 rings (SSSR count). The lowest BCUT2D eigenvalue weighted by Crippen LogP contribution is -2.20. The van der Waals surface area contributed by atoms with E-state index in [4.69, 9.17) is 14.6 Å². The van der Waals surface area contributed by atoms with Crippen molar-refractivity contribution < 1.29 is 38.5 Å². The zero-order valence-electron chi connectivity index (χ0n) is 50.3. The Kier molecular flexibility index (Phi) is 63.8. The number of aliphatic carboxylic acids is 1. The van der Waals surface area contributed by atoms with Crippen molar-refractivity contribution in [2.75, 3.05) is 61.1 Å².